The average molecular weight is 241 g/mol. The van der Waals surface area contributed by atoms with Crippen molar-refractivity contribution in [1.82, 2.24) is 9.80 Å². The lowest BCUT2D eigenvalue weighted by Crippen LogP contribution is -2.43. The number of rotatable bonds is 3. The van der Waals surface area contributed by atoms with E-state index >= 15 is 0 Å². The first kappa shape index (κ1) is 14.0. The summed E-state index contributed by atoms with van der Waals surface area (Å²) in [6, 6.07) is -0.0939. The fourth-order valence-electron chi connectivity index (χ4n) is 2.15. The normalized spacial score (nSPS) is 18.9. The minimum atomic E-state index is -0.0939. The van der Waals surface area contributed by atoms with E-state index in [2.05, 4.69) is 0 Å². The van der Waals surface area contributed by atoms with Crippen LogP contribution in [0, 0.1) is 5.92 Å². The first-order valence-corrected chi connectivity index (χ1v) is 6.16. The van der Waals surface area contributed by atoms with Crippen molar-refractivity contribution in [3.05, 3.63) is 0 Å². The summed E-state index contributed by atoms with van der Waals surface area (Å²) in [5, 5.41) is 0. The van der Waals surface area contributed by atoms with Gasteiger partial charge in [0.1, 0.15) is 0 Å². The Labute approximate surface area is 103 Å². The third-order valence-electron chi connectivity index (χ3n) is 3.13. The molecule has 0 aromatic heterocycles. The summed E-state index contributed by atoms with van der Waals surface area (Å²) in [5.74, 6) is 0.351. The lowest BCUT2D eigenvalue weighted by molar-refractivity contribution is -0.139. The molecular weight excluding hydrogens is 218 g/mol. The van der Waals surface area contributed by atoms with E-state index in [9.17, 15) is 9.59 Å². The monoisotopic (exact) mass is 241 g/mol. The molecule has 0 spiro atoms. The maximum absolute atomic E-state index is 11.8. The molecule has 0 aromatic carbocycles. The maximum Gasteiger partial charge on any atom is 0.225 e. The summed E-state index contributed by atoms with van der Waals surface area (Å²) < 4.78 is 0. The molecule has 5 heteroatoms. The van der Waals surface area contributed by atoms with E-state index in [1.165, 1.54) is 0 Å². The molecule has 0 radical (unpaired) electrons. The molecule has 5 nitrogen and oxygen atoms in total. The molecule has 2 N–H and O–H groups in total. The Morgan fingerprint density at radius 2 is 1.88 bits per heavy atom. The van der Waals surface area contributed by atoms with Crippen molar-refractivity contribution >= 4 is 11.8 Å². The molecule has 1 rings (SSSR count). The van der Waals surface area contributed by atoms with Gasteiger partial charge in [0.25, 0.3) is 0 Å². The number of nitrogens with two attached hydrogens (primary N) is 1. The predicted molar refractivity (Wildman–Crippen MR) is 66.3 cm³/mol. The van der Waals surface area contributed by atoms with Crippen LogP contribution in [0.25, 0.3) is 0 Å². The van der Waals surface area contributed by atoms with Gasteiger partial charge in [-0.3, -0.25) is 9.59 Å². The zero-order chi connectivity index (χ0) is 13.0. The van der Waals surface area contributed by atoms with E-state index in [-0.39, 0.29) is 23.8 Å². The van der Waals surface area contributed by atoms with Crippen LogP contribution in [0.2, 0.25) is 0 Å². The number of amides is 2. The van der Waals surface area contributed by atoms with E-state index < -0.39 is 0 Å². The average Bonchev–Trinajstić information content (AvgIpc) is 2.27. The van der Waals surface area contributed by atoms with Gasteiger partial charge in [-0.2, -0.15) is 0 Å². The Kier molecular flexibility index (Phi) is 4.93. The SMILES string of the molecule is CC(N)CC(=O)N1CCC(C(=O)N(C)C)CC1. The second kappa shape index (κ2) is 6.00. The minimum Gasteiger partial charge on any atom is -0.349 e. The molecule has 1 aliphatic heterocycles. The smallest absolute Gasteiger partial charge is 0.225 e. The van der Waals surface area contributed by atoms with Gasteiger partial charge >= 0.3 is 0 Å². The van der Waals surface area contributed by atoms with Crippen LogP contribution in [0.4, 0.5) is 0 Å². The number of carbonyl (C=O) groups excluding carboxylic acids is 2. The predicted octanol–water partition coefficient (Wildman–Crippen LogP) is 0.0505. The third-order valence-corrected chi connectivity index (χ3v) is 3.13. The van der Waals surface area contributed by atoms with E-state index in [1.807, 2.05) is 11.8 Å². The van der Waals surface area contributed by atoms with Crippen molar-refractivity contribution in [3.8, 4) is 0 Å². The van der Waals surface area contributed by atoms with Crippen molar-refractivity contribution in [3.63, 3.8) is 0 Å². The lowest BCUT2D eigenvalue weighted by atomic mass is 9.95. The standard InChI is InChI=1S/C12H23N3O2/c1-9(13)8-11(16)15-6-4-10(5-7-15)12(17)14(2)3/h9-10H,4-8,13H2,1-3H3. The highest BCUT2D eigenvalue weighted by Crippen LogP contribution is 2.19. The van der Waals surface area contributed by atoms with Crippen LogP contribution in [-0.2, 0) is 9.59 Å². The van der Waals surface area contributed by atoms with Crippen molar-refractivity contribution in [1.29, 1.82) is 0 Å². The second-order valence-corrected chi connectivity index (χ2v) is 5.07. The number of piperidine rings is 1. The van der Waals surface area contributed by atoms with Gasteiger partial charge in [-0.25, -0.2) is 0 Å². The first-order chi connectivity index (χ1) is 7.91. The first-order valence-electron chi connectivity index (χ1n) is 6.16. The van der Waals surface area contributed by atoms with Crippen molar-refractivity contribution in [2.45, 2.75) is 32.2 Å². The van der Waals surface area contributed by atoms with E-state index in [0.29, 0.717) is 19.5 Å². The second-order valence-electron chi connectivity index (χ2n) is 5.07. The van der Waals surface area contributed by atoms with E-state index in [0.717, 1.165) is 12.8 Å². The number of hydrogen-bond acceptors (Lipinski definition) is 3. The summed E-state index contributed by atoms with van der Waals surface area (Å²) in [7, 11) is 3.55. The highest BCUT2D eigenvalue weighted by Gasteiger charge is 2.28. The molecular formula is C12H23N3O2. The van der Waals surface area contributed by atoms with Gasteiger partial charge in [-0.15, -0.1) is 0 Å². The lowest BCUT2D eigenvalue weighted by Gasteiger charge is -2.32. The van der Waals surface area contributed by atoms with Crippen LogP contribution >= 0.6 is 0 Å². The zero-order valence-electron chi connectivity index (χ0n) is 11.0. The number of nitrogens with zero attached hydrogens (tertiary/aromatic N) is 2. The molecule has 0 saturated carbocycles. The molecule has 1 saturated heterocycles. The summed E-state index contributed by atoms with van der Waals surface area (Å²) in [4.78, 5) is 27.0. The van der Waals surface area contributed by atoms with Gasteiger partial charge < -0.3 is 15.5 Å². The molecule has 0 aromatic rings. The van der Waals surface area contributed by atoms with Gasteiger partial charge in [-0.05, 0) is 19.8 Å². The summed E-state index contributed by atoms with van der Waals surface area (Å²) in [5.41, 5.74) is 5.61. The molecule has 1 aliphatic rings. The number of carbonyl (C=O) groups is 2. The van der Waals surface area contributed by atoms with Gasteiger partial charge in [0.15, 0.2) is 0 Å². The Hall–Kier alpha value is -1.10. The van der Waals surface area contributed by atoms with Crippen molar-refractivity contribution < 1.29 is 9.59 Å². The highest BCUT2D eigenvalue weighted by molar-refractivity contribution is 5.80. The summed E-state index contributed by atoms with van der Waals surface area (Å²) in [6.07, 6.45) is 1.93. The van der Waals surface area contributed by atoms with Crippen LogP contribution in [0.1, 0.15) is 26.2 Å². The van der Waals surface area contributed by atoms with Gasteiger partial charge in [0.2, 0.25) is 11.8 Å². The van der Waals surface area contributed by atoms with Crippen LogP contribution in [0.5, 0.6) is 0 Å². The number of likely N-dealkylation sites (tertiary alicyclic amines) is 1. The molecule has 98 valence electrons. The van der Waals surface area contributed by atoms with Crippen molar-refractivity contribution in [2.75, 3.05) is 27.2 Å². The van der Waals surface area contributed by atoms with Gasteiger partial charge in [0.05, 0.1) is 0 Å². The minimum absolute atomic E-state index is 0.0735. The largest absolute Gasteiger partial charge is 0.349 e. The Bertz CT molecular complexity index is 281. The zero-order valence-corrected chi connectivity index (χ0v) is 11.0. The molecule has 0 bridgehead atoms. The van der Waals surface area contributed by atoms with Crippen molar-refractivity contribution in [2.24, 2.45) is 11.7 Å². The summed E-state index contributed by atoms with van der Waals surface area (Å²) >= 11 is 0. The molecule has 1 atom stereocenters. The maximum atomic E-state index is 11.8. The van der Waals surface area contributed by atoms with Crippen LogP contribution in [-0.4, -0.2) is 54.8 Å². The fraction of sp³-hybridized carbons (Fsp3) is 0.833. The molecule has 2 amide bonds. The topological polar surface area (TPSA) is 66.6 Å². The van der Waals surface area contributed by atoms with E-state index in [1.54, 1.807) is 19.0 Å². The molecule has 1 unspecified atom stereocenters. The molecule has 17 heavy (non-hydrogen) atoms. The highest BCUT2D eigenvalue weighted by atomic mass is 16.2. The molecule has 1 heterocycles. The Balaban J connectivity index is 2.40. The van der Waals surface area contributed by atoms with Gasteiger partial charge in [-0.1, -0.05) is 0 Å². The van der Waals surface area contributed by atoms with E-state index in [4.69, 9.17) is 5.73 Å². The van der Waals surface area contributed by atoms with Gasteiger partial charge in [0, 0.05) is 45.6 Å². The fourth-order valence-corrected chi connectivity index (χ4v) is 2.15. The summed E-state index contributed by atoms with van der Waals surface area (Å²) in [6.45, 7) is 3.19. The third kappa shape index (κ3) is 4.00. The Morgan fingerprint density at radius 3 is 2.29 bits per heavy atom. The quantitative estimate of drug-likeness (QED) is 0.759. The van der Waals surface area contributed by atoms with Crippen LogP contribution < -0.4 is 5.73 Å². The molecule has 1 fully saturated rings. The van der Waals surface area contributed by atoms with Crippen LogP contribution in [0.3, 0.4) is 0 Å². The Morgan fingerprint density at radius 1 is 1.35 bits per heavy atom. The molecule has 0 aliphatic carbocycles. The number of hydrogen-bond donors (Lipinski definition) is 1. The van der Waals surface area contributed by atoms with Crippen LogP contribution in [0.15, 0.2) is 0 Å².